The number of halogens is 1. The number of nitrogens with zero attached hydrogens (tertiary/aromatic N) is 2. The van der Waals surface area contributed by atoms with Crippen molar-refractivity contribution in [2.75, 3.05) is 13.1 Å². The smallest absolute Gasteiger partial charge is 0.325 e. The Morgan fingerprint density at radius 3 is 2.69 bits per heavy atom. The van der Waals surface area contributed by atoms with Crippen molar-refractivity contribution in [1.29, 1.82) is 0 Å². The second kappa shape index (κ2) is 7.05. The van der Waals surface area contributed by atoms with E-state index in [9.17, 15) is 18.8 Å². The highest BCUT2D eigenvalue weighted by molar-refractivity contribution is 6.08. The van der Waals surface area contributed by atoms with Crippen LogP contribution in [0.5, 0.6) is 0 Å². The van der Waals surface area contributed by atoms with E-state index in [1.165, 1.54) is 12.1 Å². The minimum absolute atomic E-state index is 0.241. The zero-order chi connectivity index (χ0) is 18.9. The summed E-state index contributed by atoms with van der Waals surface area (Å²) in [4.78, 5) is 40.0. The second-order valence-electron chi connectivity index (χ2n) is 7.45. The van der Waals surface area contributed by atoms with Gasteiger partial charge in [-0.25, -0.2) is 9.18 Å². The van der Waals surface area contributed by atoms with E-state index in [-0.39, 0.29) is 24.3 Å². The predicted molar refractivity (Wildman–Crippen MR) is 93.6 cm³/mol. The molecule has 3 rings (SSSR count). The standard InChI is InChI=1S/C19H24FN3O3/c1-19(2)17(25)23(18(26)21-19)12-16(24)22-10-5-3-4-9-15(22)13-7-6-8-14(20)11-13/h6-8,11,15H,3-5,9-10,12H2,1-2H3,(H,21,26)/t15-/m0/s1. The number of amides is 4. The summed E-state index contributed by atoms with van der Waals surface area (Å²) in [5.74, 6) is -1.04. The quantitative estimate of drug-likeness (QED) is 0.842. The van der Waals surface area contributed by atoms with Crippen LogP contribution in [0, 0.1) is 5.82 Å². The fourth-order valence-corrected chi connectivity index (χ4v) is 3.65. The number of hydrogen-bond donors (Lipinski definition) is 1. The number of urea groups is 1. The molecule has 0 unspecified atom stereocenters. The van der Waals surface area contributed by atoms with E-state index >= 15 is 0 Å². The predicted octanol–water partition coefficient (Wildman–Crippen LogP) is 2.60. The normalized spacial score (nSPS) is 23.0. The number of carbonyl (C=O) groups is 3. The van der Waals surface area contributed by atoms with E-state index in [4.69, 9.17) is 0 Å². The molecule has 140 valence electrons. The Morgan fingerprint density at radius 1 is 1.27 bits per heavy atom. The molecule has 2 fully saturated rings. The first-order chi connectivity index (χ1) is 12.3. The van der Waals surface area contributed by atoms with Crippen molar-refractivity contribution in [3.63, 3.8) is 0 Å². The Hall–Kier alpha value is -2.44. The molecule has 1 aromatic rings. The molecule has 1 atom stereocenters. The largest absolute Gasteiger partial charge is 0.334 e. The van der Waals surface area contributed by atoms with Crippen LogP contribution >= 0.6 is 0 Å². The molecule has 0 saturated carbocycles. The van der Waals surface area contributed by atoms with Gasteiger partial charge in [0.1, 0.15) is 17.9 Å². The van der Waals surface area contributed by atoms with E-state index in [1.54, 1.807) is 24.8 Å². The van der Waals surface area contributed by atoms with Crippen LogP contribution < -0.4 is 5.32 Å². The number of hydrogen-bond acceptors (Lipinski definition) is 3. The highest BCUT2D eigenvalue weighted by Gasteiger charge is 2.45. The summed E-state index contributed by atoms with van der Waals surface area (Å²) >= 11 is 0. The molecule has 4 amide bonds. The van der Waals surface area contributed by atoms with Crippen LogP contribution in [-0.2, 0) is 9.59 Å². The van der Waals surface area contributed by atoms with Gasteiger partial charge in [-0.2, -0.15) is 0 Å². The Kier molecular flexibility index (Phi) is 4.98. The van der Waals surface area contributed by atoms with Crippen LogP contribution in [0.1, 0.15) is 51.1 Å². The molecule has 0 radical (unpaired) electrons. The van der Waals surface area contributed by atoms with Gasteiger partial charge >= 0.3 is 6.03 Å². The lowest BCUT2D eigenvalue weighted by Gasteiger charge is -2.31. The first-order valence-corrected chi connectivity index (χ1v) is 8.98. The summed E-state index contributed by atoms with van der Waals surface area (Å²) < 4.78 is 13.7. The van der Waals surface area contributed by atoms with Crippen molar-refractivity contribution in [1.82, 2.24) is 15.1 Å². The van der Waals surface area contributed by atoms with Gasteiger partial charge in [0.25, 0.3) is 5.91 Å². The summed E-state index contributed by atoms with van der Waals surface area (Å²) in [6.07, 6.45) is 3.52. The Labute approximate surface area is 152 Å². The zero-order valence-electron chi connectivity index (χ0n) is 15.1. The summed E-state index contributed by atoms with van der Waals surface area (Å²) in [5, 5.41) is 2.58. The molecule has 2 aliphatic rings. The van der Waals surface area contributed by atoms with Gasteiger partial charge < -0.3 is 10.2 Å². The molecular formula is C19H24FN3O3. The van der Waals surface area contributed by atoms with Crippen LogP contribution in [0.4, 0.5) is 9.18 Å². The van der Waals surface area contributed by atoms with Crippen LogP contribution in [0.25, 0.3) is 0 Å². The molecule has 26 heavy (non-hydrogen) atoms. The van der Waals surface area contributed by atoms with E-state index in [0.29, 0.717) is 6.54 Å². The summed E-state index contributed by atoms with van der Waals surface area (Å²) in [6, 6.07) is 5.49. The van der Waals surface area contributed by atoms with Crippen molar-refractivity contribution < 1.29 is 18.8 Å². The molecule has 2 saturated heterocycles. The minimum Gasteiger partial charge on any atom is -0.334 e. The van der Waals surface area contributed by atoms with Gasteiger partial charge in [-0.05, 0) is 44.4 Å². The van der Waals surface area contributed by atoms with Gasteiger partial charge in [-0.3, -0.25) is 14.5 Å². The number of imide groups is 1. The van der Waals surface area contributed by atoms with Crippen molar-refractivity contribution in [3.8, 4) is 0 Å². The van der Waals surface area contributed by atoms with Crippen molar-refractivity contribution in [2.24, 2.45) is 0 Å². The number of rotatable bonds is 3. The Morgan fingerprint density at radius 2 is 2.04 bits per heavy atom. The minimum atomic E-state index is -1.00. The SMILES string of the molecule is CC1(C)NC(=O)N(CC(=O)N2CCCCC[C@H]2c2cccc(F)c2)C1=O. The number of carbonyl (C=O) groups excluding carboxylic acids is 3. The van der Waals surface area contributed by atoms with E-state index in [0.717, 1.165) is 36.1 Å². The van der Waals surface area contributed by atoms with E-state index in [2.05, 4.69) is 5.32 Å². The lowest BCUT2D eigenvalue weighted by Crippen LogP contribution is -2.45. The highest BCUT2D eigenvalue weighted by atomic mass is 19.1. The third-order valence-electron chi connectivity index (χ3n) is 5.04. The Bertz CT molecular complexity index is 734. The molecule has 7 heteroatoms. The molecule has 0 spiro atoms. The summed E-state index contributed by atoms with van der Waals surface area (Å²) in [7, 11) is 0. The van der Waals surface area contributed by atoms with Crippen LogP contribution in [0.2, 0.25) is 0 Å². The van der Waals surface area contributed by atoms with Gasteiger partial charge in [0.2, 0.25) is 5.91 Å². The topological polar surface area (TPSA) is 69.7 Å². The molecule has 1 N–H and O–H groups in total. The first kappa shape index (κ1) is 18.4. The fraction of sp³-hybridized carbons (Fsp3) is 0.526. The average Bonchev–Trinajstić information content (AvgIpc) is 2.78. The van der Waals surface area contributed by atoms with Gasteiger partial charge in [0.15, 0.2) is 0 Å². The lowest BCUT2D eigenvalue weighted by atomic mass is 10.0. The van der Waals surface area contributed by atoms with E-state index in [1.807, 2.05) is 6.07 Å². The monoisotopic (exact) mass is 361 g/mol. The number of likely N-dealkylation sites (tertiary alicyclic amines) is 1. The van der Waals surface area contributed by atoms with Gasteiger partial charge in [-0.1, -0.05) is 25.0 Å². The summed E-state index contributed by atoms with van der Waals surface area (Å²) in [6.45, 7) is 3.46. The van der Waals surface area contributed by atoms with Gasteiger partial charge in [0, 0.05) is 6.54 Å². The van der Waals surface area contributed by atoms with Gasteiger partial charge in [-0.15, -0.1) is 0 Å². The molecule has 0 aromatic heterocycles. The number of nitrogens with one attached hydrogen (secondary N) is 1. The molecule has 1 aromatic carbocycles. The third-order valence-corrected chi connectivity index (χ3v) is 5.04. The molecule has 0 aliphatic carbocycles. The Balaban J connectivity index is 1.81. The van der Waals surface area contributed by atoms with Crippen LogP contribution in [0.3, 0.4) is 0 Å². The maximum atomic E-state index is 13.7. The second-order valence-corrected chi connectivity index (χ2v) is 7.45. The van der Waals surface area contributed by atoms with Crippen LogP contribution in [-0.4, -0.2) is 46.3 Å². The first-order valence-electron chi connectivity index (χ1n) is 8.98. The van der Waals surface area contributed by atoms with E-state index < -0.39 is 17.5 Å². The average molecular weight is 361 g/mol. The molecule has 6 nitrogen and oxygen atoms in total. The number of benzene rings is 1. The lowest BCUT2D eigenvalue weighted by molar-refractivity contribution is -0.140. The van der Waals surface area contributed by atoms with Crippen molar-refractivity contribution in [3.05, 3.63) is 35.6 Å². The summed E-state index contributed by atoms with van der Waals surface area (Å²) in [5.41, 5.74) is -0.254. The molecule has 2 heterocycles. The van der Waals surface area contributed by atoms with Crippen molar-refractivity contribution >= 4 is 17.8 Å². The fourth-order valence-electron chi connectivity index (χ4n) is 3.65. The highest BCUT2D eigenvalue weighted by Crippen LogP contribution is 2.31. The molecule has 2 aliphatic heterocycles. The van der Waals surface area contributed by atoms with Crippen LogP contribution in [0.15, 0.2) is 24.3 Å². The van der Waals surface area contributed by atoms with Gasteiger partial charge in [0.05, 0.1) is 6.04 Å². The maximum Gasteiger partial charge on any atom is 0.325 e. The molecule has 0 bridgehead atoms. The molecular weight excluding hydrogens is 337 g/mol. The third kappa shape index (κ3) is 3.57. The zero-order valence-corrected chi connectivity index (χ0v) is 15.1. The maximum absolute atomic E-state index is 13.7. The van der Waals surface area contributed by atoms with Crippen molar-refractivity contribution in [2.45, 2.75) is 51.1 Å².